The van der Waals surface area contributed by atoms with E-state index in [0.717, 1.165) is 0 Å². The fourth-order valence-electron chi connectivity index (χ4n) is 4.79. The molecule has 0 saturated carbocycles. The summed E-state index contributed by atoms with van der Waals surface area (Å²) in [6.07, 6.45) is -4.98. The first-order valence-electron chi connectivity index (χ1n) is 10.5. The minimum atomic E-state index is -5.02. The van der Waals surface area contributed by atoms with Crippen LogP contribution in [0, 0.1) is 0 Å². The number of aromatic nitrogens is 2. The minimum Gasteiger partial charge on any atom is -0.345 e. The first-order valence-corrected chi connectivity index (χ1v) is 10.5. The summed E-state index contributed by atoms with van der Waals surface area (Å²) in [5.74, 6) is -2.54. The maximum atomic E-state index is 13.3. The Morgan fingerprint density at radius 1 is 1.12 bits per heavy atom. The summed E-state index contributed by atoms with van der Waals surface area (Å²) in [4.78, 5) is 43.6. The van der Waals surface area contributed by atoms with E-state index < -0.39 is 36.0 Å². The molecule has 0 spiro atoms. The molecule has 0 bridgehead atoms. The maximum Gasteiger partial charge on any atom is 0.471 e. The number of benzene rings is 2. The lowest BCUT2D eigenvalue weighted by molar-refractivity contribution is -0.170. The molecule has 2 aromatic carbocycles. The Labute approximate surface area is 185 Å². The van der Waals surface area contributed by atoms with Crippen LogP contribution >= 0.6 is 0 Å². The zero-order chi connectivity index (χ0) is 23.5. The zero-order valence-electron chi connectivity index (χ0n) is 17.5. The molecular formula is C23H19F3N4O3. The number of nitrogens with zero attached hydrogens (tertiary/aromatic N) is 3. The highest BCUT2D eigenvalue weighted by Crippen LogP contribution is 2.42. The average molecular weight is 456 g/mol. The van der Waals surface area contributed by atoms with Crippen molar-refractivity contribution in [2.45, 2.75) is 37.5 Å². The van der Waals surface area contributed by atoms with Gasteiger partial charge >= 0.3 is 12.1 Å². The number of amides is 2. The molecule has 1 aromatic heterocycles. The van der Waals surface area contributed by atoms with Crippen molar-refractivity contribution in [2.75, 3.05) is 11.4 Å². The van der Waals surface area contributed by atoms with Crippen LogP contribution in [0.4, 0.5) is 18.9 Å². The van der Waals surface area contributed by atoms with Gasteiger partial charge in [0.25, 0.3) is 5.56 Å². The maximum absolute atomic E-state index is 13.3. The highest BCUT2D eigenvalue weighted by atomic mass is 19.4. The lowest BCUT2D eigenvalue weighted by atomic mass is 9.92. The van der Waals surface area contributed by atoms with Crippen molar-refractivity contribution < 1.29 is 22.8 Å². The Hall–Kier alpha value is -3.69. The van der Waals surface area contributed by atoms with Gasteiger partial charge in [0, 0.05) is 18.2 Å². The van der Waals surface area contributed by atoms with Crippen LogP contribution < -0.4 is 15.8 Å². The van der Waals surface area contributed by atoms with Gasteiger partial charge in [-0.1, -0.05) is 30.3 Å². The van der Waals surface area contributed by atoms with E-state index in [2.05, 4.69) is 10.3 Å². The molecule has 33 heavy (non-hydrogen) atoms. The van der Waals surface area contributed by atoms with Crippen LogP contribution in [-0.4, -0.2) is 34.1 Å². The number of anilines is 1. The number of halogens is 3. The number of carbonyl (C=O) groups excluding carboxylic acids is 2. The predicted octanol–water partition coefficient (Wildman–Crippen LogP) is 3.21. The topological polar surface area (TPSA) is 84.3 Å². The average Bonchev–Trinajstić information content (AvgIpc) is 3.14. The first-order chi connectivity index (χ1) is 15.7. The van der Waals surface area contributed by atoms with Crippen molar-refractivity contribution in [3.8, 4) is 0 Å². The van der Waals surface area contributed by atoms with Gasteiger partial charge in [0.05, 0.1) is 16.9 Å². The normalized spacial score (nSPS) is 22.1. The molecular weight excluding hydrogens is 437 g/mol. The van der Waals surface area contributed by atoms with Crippen LogP contribution in [0.15, 0.2) is 53.3 Å². The molecule has 2 aliphatic heterocycles. The monoisotopic (exact) mass is 456 g/mol. The van der Waals surface area contributed by atoms with E-state index in [4.69, 9.17) is 0 Å². The number of alkyl halides is 3. The Morgan fingerprint density at radius 2 is 1.82 bits per heavy atom. The number of carbonyl (C=O) groups is 2. The molecule has 3 aromatic rings. The van der Waals surface area contributed by atoms with Crippen LogP contribution in [-0.2, 0) is 9.59 Å². The van der Waals surface area contributed by atoms with Crippen LogP contribution in [0.5, 0.6) is 0 Å². The fraction of sp³-hybridized carbons (Fsp3) is 0.304. The second-order valence-corrected chi connectivity index (χ2v) is 8.31. The second kappa shape index (κ2) is 7.43. The third kappa shape index (κ3) is 3.37. The number of hydrogen-bond donors (Lipinski definition) is 1. The molecule has 3 atom stereocenters. The van der Waals surface area contributed by atoms with E-state index in [1.54, 1.807) is 49.4 Å². The number of para-hydroxylation sites is 2. The van der Waals surface area contributed by atoms with Crippen molar-refractivity contribution in [1.82, 2.24) is 14.9 Å². The van der Waals surface area contributed by atoms with Gasteiger partial charge < -0.3 is 10.2 Å². The van der Waals surface area contributed by atoms with E-state index in [9.17, 15) is 27.6 Å². The Morgan fingerprint density at radius 3 is 2.58 bits per heavy atom. The molecule has 0 radical (unpaired) electrons. The summed E-state index contributed by atoms with van der Waals surface area (Å²) in [5.41, 5.74) is 0.823. The molecule has 10 heteroatoms. The minimum absolute atomic E-state index is 0.0458. The highest BCUT2D eigenvalue weighted by Gasteiger charge is 2.47. The van der Waals surface area contributed by atoms with Crippen molar-refractivity contribution in [3.05, 3.63) is 70.3 Å². The summed E-state index contributed by atoms with van der Waals surface area (Å²) in [6.45, 7) is 1.48. The SMILES string of the molecule is C[C@@H]1NC(=O)[C@H](CC2CN(C(=O)C(F)(F)F)c3ccccc32)n2c1nc1ccccc1c2=O. The van der Waals surface area contributed by atoms with Gasteiger partial charge in [0.1, 0.15) is 11.9 Å². The molecule has 2 aliphatic rings. The van der Waals surface area contributed by atoms with E-state index in [-0.39, 0.29) is 24.2 Å². The zero-order valence-corrected chi connectivity index (χ0v) is 17.5. The van der Waals surface area contributed by atoms with Gasteiger partial charge in [-0.25, -0.2) is 4.98 Å². The van der Waals surface area contributed by atoms with Gasteiger partial charge in [-0.3, -0.25) is 19.0 Å². The lowest BCUT2D eigenvalue weighted by Gasteiger charge is -2.32. The molecule has 2 amide bonds. The first kappa shape index (κ1) is 21.2. The summed E-state index contributed by atoms with van der Waals surface area (Å²) in [6, 6.07) is 11.7. The van der Waals surface area contributed by atoms with Crippen LogP contribution in [0.1, 0.15) is 42.7 Å². The lowest BCUT2D eigenvalue weighted by Crippen LogP contribution is -2.47. The van der Waals surface area contributed by atoms with Gasteiger partial charge in [-0.05, 0) is 37.1 Å². The summed E-state index contributed by atoms with van der Waals surface area (Å²) in [7, 11) is 0. The largest absolute Gasteiger partial charge is 0.471 e. The Balaban J connectivity index is 1.57. The van der Waals surface area contributed by atoms with Crippen molar-refractivity contribution in [2.24, 2.45) is 0 Å². The molecule has 0 fully saturated rings. The number of hydrogen-bond acceptors (Lipinski definition) is 4. The molecule has 7 nitrogen and oxygen atoms in total. The number of nitrogens with one attached hydrogen (secondary N) is 1. The van der Waals surface area contributed by atoms with Gasteiger partial charge in [0.15, 0.2) is 0 Å². The Kier molecular flexibility index (Phi) is 4.77. The molecule has 0 saturated heterocycles. The molecule has 3 heterocycles. The van der Waals surface area contributed by atoms with E-state index >= 15 is 0 Å². The van der Waals surface area contributed by atoms with Crippen molar-refractivity contribution in [1.29, 1.82) is 0 Å². The molecule has 1 N–H and O–H groups in total. The quantitative estimate of drug-likeness (QED) is 0.642. The molecule has 1 unspecified atom stereocenters. The molecule has 5 rings (SSSR count). The standard InChI is InChI=1S/C23H19F3N4O3/c1-12-19-28-16-8-4-2-7-15(16)21(32)30(19)18(20(31)27-12)10-13-11-29(22(33)23(24,25)26)17-9-5-3-6-14(13)17/h2-9,12-13,18H,10-11H2,1H3,(H,27,31)/t12-,13?,18-/m0/s1. The van der Waals surface area contributed by atoms with Gasteiger partial charge in [0.2, 0.25) is 5.91 Å². The third-order valence-corrected chi connectivity index (χ3v) is 6.26. The summed E-state index contributed by atoms with van der Waals surface area (Å²) >= 11 is 0. The highest BCUT2D eigenvalue weighted by molar-refractivity contribution is 5.99. The van der Waals surface area contributed by atoms with Crippen LogP contribution in [0.3, 0.4) is 0 Å². The van der Waals surface area contributed by atoms with Crippen LogP contribution in [0.25, 0.3) is 10.9 Å². The van der Waals surface area contributed by atoms with Crippen molar-refractivity contribution >= 4 is 28.4 Å². The van der Waals surface area contributed by atoms with E-state index in [0.29, 0.717) is 27.2 Å². The van der Waals surface area contributed by atoms with Crippen molar-refractivity contribution in [3.63, 3.8) is 0 Å². The molecule has 170 valence electrons. The summed E-state index contributed by atoms with van der Waals surface area (Å²) < 4.78 is 40.9. The predicted molar refractivity (Wildman–Crippen MR) is 114 cm³/mol. The van der Waals surface area contributed by atoms with Crippen LogP contribution in [0.2, 0.25) is 0 Å². The number of rotatable bonds is 2. The van der Waals surface area contributed by atoms with Gasteiger partial charge in [-0.2, -0.15) is 13.2 Å². The fourth-order valence-corrected chi connectivity index (χ4v) is 4.79. The smallest absolute Gasteiger partial charge is 0.345 e. The van der Waals surface area contributed by atoms with Gasteiger partial charge in [-0.15, -0.1) is 0 Å². The second-order valence-electron chi connectivity index (χ2n) is 8.31. The summed E-state index contributed by atoms with van der Waals surface area (Å²) in [5, 5.41) is 3.17. The molecule has 0 aliphatic carbocycles. The third-order valence-electron chi connectivity index (χ3n) is 6.26. The Bertz CT molecular complexity index is 1350. The van der Waals surface area contributed by atoms with E-state index in [1.807, 2.05) is 0 Å². The van der Waals surface area contributed by atoms with E-state index in [1.165, 1.54) is 10.6 Å². The number of fused-ring (bicyclic) bond motifs is 3.